The molecule has 0 radical (unpaired) electrons. The molecule has 2 aliphatic heterocycles. The number of ether oxygens (including phenoxy) is 1. The summed E-state index contributed by atoms with van der Waals surface area (Å²) in [5.74, 6) is 1.92. The number of rotatable bonds is 8. The molecule has 0 spiro atoms. The number of methoxy groups -OCH3 is 1. The molecular weight excluding hydrogens is 488 g/mol. The molecule has 0 bridgehead atoms. The number of carbonyl (C=O) groups is 2. The van der Waals surface area contributed by atoms with Crippen molar-refractivity contribution >= 4 is 22.7 Å². The highest BCUT2D eigenvalue weighted by Crippen LogP contribution is 2.35. The van der Waals surface area contributed by atoms with Gasteiger partial charge >= 0.3 is 0 Å². The Morgan fingerprint density at radius 1 is 1.08 bits per heavy atom. The third-order valence-corrected chi connectivity index (χ3v) is 8.47. The third kappa shape index (κ3) is 5.55. The molecule has 2 amide bonds. The molecule has 7 heteroatoms. The van der Waals surface area contributed by atoms with Gasteiger partial charge < -0.3 is 24.4 Å². The number of likely N-dealkylation sites (tertiary alicyclic amines) is 1. The molecule has 1 saturated heterocycles. The lowest BCUT2D eigenvalue weighted by Crippen LogP contribution is -2.63. The van der Waals surface area contributed by atoms with Gasteiger partial charge in [0.1, 0.15) is 17.0 Å². The zero-order valence-corrected chi connectivity index (χ0v) is 24.0. The van der Waals surface area contributed by atoms with Crippen LogP contribution in [0.1, 0.15) is 55.2 Å². The minimum atomic E-state index is -1.04. The summed E-state index contributed by atoms with van der Waals surface area (Å²) >= 11 is 0. The number of hydrogen-bond donors (Lipinski definition) is 1. The summed E-state index contributed by atoms with van der Waals surface area (Å²) in [7, 11) is 1.64. The minimum Gasteiger partial charge on any atom is -0.497 e. The van der Waals surface area contributed by atoms with Gasteiger partial charge in [-0.05, 0) is 68.8 Å². The van der Waals surface area contributed by atoms with Crippen molar-refractivity contribution in [2.45, 2.75) is 59.2 Å². The van der Waals surface area contributed by atoms with Crippen LogP contribution in [0.3, 0.4) is 0 Å². The number of aromatic nitrogens is 1. The van der Waals surface area contributed by atoms with Crippen LogP contribution in [0.4, 0.5) is 0 Å². The van der Waals surface area contributed by atoms with Crippen LogP contribution in [0.25, 0.3) is 10.9 Å². The third-order valence-electron chi connectivity index (χ3n) is 8.47. The van der Waals surface area contributed by atoms with E-state index in [1.54, 1.807) is 12.0 Å². The van der Waals surface area contributed by atoms with E-state index in [-0.39, 0.29) is 11.8 Å². The zero-order chi connectivity index (χ0) is 27.7. The molecule has 5 rings (SSSR count). The number of nitrogens with zero attached hydrogens (tertiary/aromatic N) is 3. The number of amides is 2. The largest absolute Gasteiger partial charge is 0.497 e. The van der Waals surface area contributed by atoms with Crippen molar-refractivity contribution in [1.82, 2.24) is 19.7 Å². The number of hydrogen-bond acceptors (Lipinski definition) is 4. The average molecular weight is 531 g/mol. The van der Waals surface area contributed by atoms with E-state index in [4.69, 9.17) is 4.74 Å². The smallest absolute Gasteiger partial charge is 0.271 e. The Kier molecular flexibility index (Phi) is 7.72. The van der Waals surface area contributed by atoms with Crippen LogP contribution in [-0.4, -0.2) is 65.0 Å². The first-order valence-corrected chi connectivity index (χ1v) is 14.2. The second-order valence-electron chi connectivity index (χ2n) is 12.0. The van der Waals surface area contributed by atoms with Gasteiger partial charge in [0.2, 0.25) is 5.91 Å². The van der Waals surface area contributed by atoms with Crippen LogP contribution in [0.5, 0.6) is 5.75 Å². The second-order valence-corrected chi connectivity index (χ2v) is 12.0. The Morgan fingerprint density at radius 3 is 2.49 bits per heavy atom. The topological polar surface area (TPSA) is 66.8 Å². The number of benzene rings is 2. The van der Waals surface area contributed by atoms with Crippen LogP contribution >= 0.6 is 0 Å². The lowest BCUT2D eigenvalue weighted by atomic mass is 9.92. The normalized spacial score (nSPS) is 23.6. The Hall–Kier alpha value is -3.32. The van der Waals surface area contributed by atoms with Crippen LogP contribution in [0.2, 0.25) is 0 Å². The number of aryl methyl sites for hydroxylation is 1. The van der Waals surface area contributed by atoms with Gasteiger partial charge in [0, 0.05) is 37.6 Å². The Bertz CT molecular complexity index is 1340. The van der Waals surface area contributed by atoms with E-state index in [1.165, 1.54) is 6.42 Å². The fraction of sp³-hybridized carbons (Fsp3) is 0.500. The summed E-state index contributed by atoms with van der Waals surface area (Å²) in [6.45, 7) is 13.2. The lowest BCUT2D eigenvalue weighted by Gasteiger charge is -2.44. The van der Waals surface area contributed by atoms with E-state index in [0.29, 0.717) is 25.3 Å². The maximum absolute atomic E-state index is 14.0. The van der Waals surface area contributed by atoms with Crippen LogP contribution in [-0.2, 0) is 17.9 Å². The van der Waals surface area contributed by atoms with E-state index in [2.05, 4.69) is 24.1 Å². The summed E-state index contributed by atoms with van der Waals surface area (Å²) in [5.41, 5.74) is 2.63. The highest BCUT2D eigenvalue weighted by atomic mass is 16.5. The van der Waals surface area contributed by atoms with E-state index in [9.17, 15) is 9.59 Å². The SMILES string of the molecule is COc1ccc2cc3n(c2c1)C[C@](C)(C(=O)NCCCN1C[C@@H](C)C[C@H](C)C1)N(Cc1ccc(C)cc1)C3=O. The highest BCUT2D eigenvalue weighted by Gasteiger charge is 2.47. The van der Waals surface area contributed by atoms with Crippen LogP contribution in [0, 0.1) is 18.8 Å². The molecule has 0 saturated carbocycles. The summed E-state index contributed by atoms with van der Waals surface area (Å²) in [4.78, 5) is 32.2. The van der Waals surface area contributed by atoms with Gasteiger partial charge in [-0.15, -0.1) is 0 Å². The summed E-state index contributed by atoms with van der Waals surface area (Å²) in [5, 5.41) is 4.16. The summed E-state index contributed by atoms with van der Waals surface area (Å²) < 4.78 is 7.44. The van der Waals surface area contributed by atoms with Crippen molar-refractivity contribution in [2.75, 3.05) is 33.3 Å². The van der Waals surface area contributed by atoms with E-state index >= 15 is 0 Å². The van der Waals surface area contributed by atoms with Crippen molar-refractivity contribution in [3.05, 3.63) is 65.4 Å². The van der Waals surface area contributed by atoms with Gasteiger partial charge in [0.05, 0.1) is 19.2 Å². The quantitative estimate of drug-likeness (QED) is 0.423. The van der Waals surface area contributed by atoms with Crippen molar-refractivity contribution in [1.29, 1.82) is 0 Å². The van der Waals surface area contributed by atoms with Crippen molar-refractivity contribution < 1.29 is 14.3 Å². The number of carbonyl (C=O) groups excluding carboxylic acids is 2. The molecule has 3 atom stereocenters. The van der Waals surface area contributed by atoms with Gasteiger partial charge in [-0.25, -0.2) is 0 Å². The first-order valence-electron chi connectivity index (χ1n) is 14.2. The first kappa shape index (κ1) is 27.3. The second kappa shape index (κ2) is 11.0. The van der Waals surface area contributed by atoms with Crippen LogP contribution < -0.4 is 10.1 Å². The van der Waals surface area contributed by atoms with Gasteiger partial charge in [0.15, 0.2) is 0 Å². The predicted octanol–water partition coefficient (Wildman–Crippen LogP) is 4.86. The molecule has 39 heavy (non-hydrogen) atoms. The van der Waals surface area contributed by atoms with Crippen molar-refractivity contribution in [2.24, 2.45) is 11.8 Å². The summed E-state index contributed by atoms with van der Waals surface area (Å²) in [6, 6.07) is 15.9. The molecule has 1 N–H and O–H groups in total. The molecule has 0 aliphatic carbocycles. The average Bonchev–Trinajstić information content (AvgIpc) is 3.27. The van der Waals surface area contributed by atoms with Gasteiger partial charge in [-0.2, -0.15) is 0 Å². The standard InChI is InChI=1S/C32H42N4O3/c1-22-7-9-25(10-8-22)20-36-30(37)29-16-26-11-12-27(39-5)17-28(26)35(29)21-32(36,4)31(38)33-13-6-14-34-18-23(2)15-24(3)19-34/h7-12,16-17,23-24H,6,13-15,18-21H2,1-5H3,(H,33,38)/t23-,24-,32+/m0/s1. The fourth-order valence-electron chi connectivity index (χ4n) is 6.45. The molecule has 3 aromatic rings. The minimum absolute atomic E-state index is 0.112. The fourth-order valence-corrected chi connectivity index (χ4v) is 6.45. The Balaban J connectivity index is 1.38. The predicted molar refractivity (Wildman–Crippen MR) is 155 cm³/mol. The van der Waals surface area contributed by atoms with Gasteiger partial charge in [-0.3, -0.25) is 9.59 Å². The monoisotopic (exact) mass is 530 g/mol. The lowest BCUT2D eigenvalue weighted by molar-refractivity contribution is -0.133. The van der Waals surface area contributed by atoms with Crippen molar-refractivity contribution in [3.63, 3.8) is 0 Å². The number of nitrogens with one attached hydrogen (secondary N) is 1. The summed E-state index contributed by atoms with van der Waals surface area (Å²) in [6.07, 6.45) is 2.18. The molecule has 1 aromatic heterocycles. The maximum Gasteiger partial charge on any atom is 0.271 e. The molecule has 7 nitrogen and oxygen atoms in total. The molecule has 2 aromatic carbocycles. The Morgan fingerprint density at radius 2 is 1.79 bits per heavy atom. The maximum atomic E-state index is 14.0. The number of piperidine rings is 1. The van der Waals surface area contributed by atoms with E-state index < -0.39 is 5.54 Å². The van der Waals surface area contributed by atoms with Gasteiger partial charge in [0.25, 0.3) is 5.91 Å². The molecule has 208 valence electrons. The van der Waals surface area contributed by atoms with Crippen molar-refractivity contribution in [3.8, 4) is 5.75 Å². The molecule has 0 unspecified atom stereocenters. The first-order chi connectivity index (χ1) is 18.7. The number of fused-ring (bicyclic) bond motifs is 3. The molecule has 3 heterocycles. The highest BCUT2D eigenvalue weighted by molar-refractivity contribution is 6.03. The molecule has 1 fully saturated rings. The van der Waals surface area contributed by atoms with E-state index in [1.807, 2.05) is 66.9 Å². The van der Waals surface area contributed by atoms with Crippen LogP contribution in [0.15, 0.2) is 48.5 Å². The van der Waals surface area contributed by atoms with Gasteiger partial charge in [-0.1, -0.05) is 43.7 Å². The Labute approximate surface area is 232 Å². The molecular formula is C32H42N4O3. The zero-order valence-electron chi connectivity index (χ0n) is 24.0. The van der Waals surface area contributed by atoms with E-state index in [0.717, 1.165) is 65.7 Å². The molecule has 2 aliphatic rings.